The van der Waals surface area contributed by atoms with Crippen LogP contribution in [0.3, 0.4) is 0 Å². The maximum atomic E-state index is 4.36. The summed E-state index contributed by atoms with van der Waals surface area (Å²) in [6.45, 7) is 1.22. The summed E-state index contributed by atoms with van der Waals surface area (Å²) >= 11 is 0. The summed E-state index contributed by atoms with van der Waals surface area (Å²) < 4.78 is 0. The summed E-state index contributed by atoms with van der Waals surface area (Å²) in [4.78, 5) is 12.1. The molecule has 0 aromatic rings. The lowest BCUT2D eigenvalue weighted by Gasteiger charge is -1.98. The fourth-order valence-corrected chi connectivity index (χ4v) is 0.223. The van der Waals surface area contributed by atoms with Crippen molar-refractivity contribution in [3.05, 3.63) is 0 Å². The molecule has 33 valence electrons. The Morgan fingerprint density at radius 3 is 2.83 bits per heavy atom. The first-order chi connectivity index (χ1) is 3.00. The highest BCUT2D eigenvalue weighted by Gasteiger charge is 1.89. The molecule has 0 aromatic carbocycles. The molecular formula is C3H4NO2. The average Bonchev–Trinajstić information content (AvgIpc) is 1.72. The molecule has 1 aliphatic heterocycles. The Balaban J connectivity index is 2.26. The van der Waals surface area contributed by atoms with Crippen LogP contribution in [-0.2, 0) is 9.78 Å². The molecule has 0 amide bonds. The minimum atomic E-state index is 0.549. The van der Waals surface area contributed by atoms with Gasteiger partial charge in [-0.25, -0.2) is 4.99 Å². The highest BCUT2D eigenvalue weighted by molar-refractivity contribution is 5.45. The van der Waals surface area contributed by atoms with Gasteiger partial charge in [0.05, 0.1) is 6.54 Å². The van der Waals surface area contributed by atoms with Gasteiger partial charge in [-0.1, -0.05) is 0 Å². The Kier molecular flexibility index (Phi) is 1.06. The standard InChI is InChI=1S/C3H4NO2/c1-2-5-6-3-4-1/h1-2H2. The summed E-state index contributed by atoms with van der Waals surface area (Å²) in [6, 6.07) is 0. The quantitative estimate of drug-likeness (QED) is 0.384. The van der Waals surface area contributed by atoms with Gasteiger partial charge in [-0.15, -0.1) is 0 Å². The molecule has 6 heavy (non-hydrogen) atoms. The van der Waals surface area contributed by atoms with E-state index < -0.39 is 0 Å². The summed E-state index contributed by atoms with van der Waals surface area (Å²) in [5, 5.41) is 0. The van der Waals surface area contributed by atoms with Crippen LogP contribution < -0.4 is 0 Å². The largest absolute Gasteiger partial charge is 0.317 e. The van der Waals surface area contributed by atoms with Crippen LogP contribution in [0.4, 0.5) is 0 Å². The zero-order chi connectivity index (χ0) is 4.24. The summed E-state index contributed by atoms with van der Waals surface area (Å²) in [7, 11) is 0. The van der Waals surface area contributed by atoms with Crippen LogP contribution in [0.15, 0.2) is 4.99 Å². The monoisotopic (exact) mass is 86.0 g/mol. The normalized spacial score (nSPS) is 20.0. The molecule has 0 N–H and O–H groups in total. The average molecular weight is 86.1 g/mol. The predicted octanol–water partition coefficient (Wildman–Crippen LogP) is -0.146. The Labute approximate surface area is 35.5 Å². The zero-order valence-electron chi connectivity index (χ0n) is 3.18. The van der Waals surface area contributed by atoms with Gasteiger partial charge in [-0.05, 0) is 0 Å². The van der Waals surface area contributed by atoms with Crippen molar-refractivity contribution in [2.24, 2.45) is 4.99 Å². The fraction of sp³-hybridized carbons (Fsp3) is 0.667. The number of nitrogens with zero attached hydrogens (tertiary/aromatic N) is 1. The van der Waals surface area contributed by atoms with E-state index in [4.69, 9.17) is 0 Å². The lowest BCUT2D eigenvalue weighted by molar-refractivity contribution is -0.220. The minimum absolute atomic E-state index is 0.549. The van der Waals surface area contributed by atoms with E-state index in [1.807, 2.05) is 0 Å². The van der Waals surface area contributed by atoms with Crippen molar-refractivity contribution in [1.29, 1.82) is 0 Å². The van der Waals surface area contributed by atoms with Crippen molar-refractivity contribution < 1.29 is 9.78 Å². The molecule has 1 heterocycles. The first-order valence-electron chi connectivity index (χ1n) is 1.70. The molecule has 0 aliphatic carbocycles. The second-order valence-corrected chi connectivity index (χ2v) is 0.878. The second kappa shape index (κ2) is 1.77. The van der Waals surface area contributed by atoms with Crippen molar-refractivity contribution in [1.82, 2.24) is 0 Å². The van der Waals surface area contributed by atoms with Crippen molar-refractivity contribution in [3.8, 4) is 0 Å². The molecule has 1 radical (unpaired) electrons. The summed E-state index contributed by atoms with van der Waals surface area (Å²) in [5.74, 6) is 0. The molecule has 3 heteroatoms. The molecule has 0 saturated heterocycles. The summed E-state index contributed by atoms with van der Waals surface area (Å²) in [5.41, 5.74) is 0. The van der Waals surface area contributed by atoms with Crippen molar-refractivity contribution >= 4 is 6.40 Å². The molecule has 3 nitrogen and oxygen atoms in total. The maximum absolute atomic E-state index is 4.36. The first-order valence-corrected chi connectivity index (χ1v) is 1.70. The molecule has 0 bridgehead atoms. The Bertz CT molecular complexity index is 53.8. The summed E-state index contributed by atoms with van der Waals surface area (Å²) in [6.07, 6.45) is 2.19. The van der Waals surface area contributed by atoms with Crippen molar-refractivity contribution in [2.45, 2.75) is 0 Å². The van der Waals surface area contributed by atoms with E-state index in [1.54, 1.807) is 0 Å². The highest BCUT2D eigenvalue weighted by atomic mass is 17.2. The van der Waals surface area contributed by atoms with Gasteiger partial charge < -0.3 is 4.89 Å². The van der Waals surface area contributed by atoms with Crippen LogP contribution in [0.2, 0.25) is 0 Å². The van der Waals surface area contributed by atoms with Gasteiger partial charge in [-0.3, -0.25) is 0 Å². The molecule has 1 rings (SSSR count). The Morgan fingerprint density at radius 2 is 2.67 bits per heavy atom. The van der Waals surface area contributed by atoms with E-state index in [-0.39, 0.29) is 0 Å². The van der Waals surface area contributed by atoms with Crippen LogP contribution in [0.5, 0.6) is 0 Å². The molecule has 0 spiro atoms. The third-order valence-corrected chi connectivity index (χ3v) is 0.447. The Hall–Kier alpha value is -0.570. The second-order valence-electron chi connectivity index (χ2n) is 0.878. The van der Waals surface area contributed by atoms with Gasteiger partial charge in [0.2, 0.25) is 0 Å². The topological polar surface area (TPSA) is 30.8 Å². The third kappa shape index (κ3) is 0.687. The van der Waals surface area contributed by atoms with Crippen LogP contribution >= 0.6 is 0 Å². The van der Waals surface area contributed by atoms with Crippen LogP contribution in [0.25, 0.3) is 0 Å². The van der Waals surface area contributed by atoms with Gasteiger partial charge in [0, 0.05) is 0 Å². The van der Waals surface area contributed by atoms with Crippen LogP contribution in [0, 0.1) is 0 Å². The molecule has 0 atom stereocenters. The van der Waals surface area contributed by atoms with Crippen LogP contribution in [0.1, 0.15) is 0 Å². The van der Waals surface area contributed by atoms with E-state index >= 15 is 0 Å². The molecule has 0 aromatic heterocycles. The van der Waals surface area contributed by atoms with E-state index in [9.17, 15) is 0 Å². The maximum Gasteiger partial charge on any atom is 0.317 e. The number of rotatable bonds is 0. The number of hydrogen-bond acceptors (Lipinski definition) is 3. The van der Waals surface area contributed by atoms with E-state index in [2.05, 4.69) is 21.2 Å². The SMILES string of the molecule is [C]1=NCCOO1. The van der Waals surface area contributed by atoms with Gasteiger partial charge in [0.15, 0.2) is 0 Å². The zero-order valence-corrected chi connectivity index (χ0v) is 3.18. The first kappa shape index (κ1) is 3.61. The number of hydrogen-bond donors (Lipinski definition) is 0. The lowest BCUT2D eigenvalue weighted by atomic mass is 10.7. The molecular weight excluding hydrogens is 82.0 g/mol. The third-order valence-electron chi connectivity index (χ3n) is 0.447. The highest BCUT2D eigenvalue weighted by Crippen LogP contribution is 1.81. The molecule has 0 unspecified atom stereocenters. The fourth-order valence-electron chi connectivity index (χ4n) is 0.223. The van der Waals surface area contributed by atoms with E-state index in [1.165, 1.54) is 0 Å². The minimum Gasteiger partial charge on any atom is -0.311 e. The van der Waals surface area contributed by atoms with Gasteiger partial charge in [0.1, 0.15) is 6.61 Å². The van der Waals surface area contributed by atoms with Crippen LogP contribution in [-0.4, -0.2) is 19.6 Å². The van der Waals surface area contributed by atoms with Gasteiger partial charge >= 0.3 is 6.40 Å². The number of aliphatic imine (C=N–C) groups is 1. The van der Waals surface area contributed by atoms with Gasteiger partial charge in [-0.2, -0.15) is 4.89 Å². The molecule has 1 aliphatic rings. The van der Waals surface area contributed by atoms with Crippen molar-refractivity contribution in [3.63, 3.8) is 0 Å². The smallest absolute Gasteiger partial charge is 0.311 e. The van der Waals surface area contributed by atoms with E-state index in [0.717, 1.165) is 0 Å². The van der Waals surface area contributed by atoms with E-state index in [0.29, 0.717) is 13.2 Å². The van der Waals surface area contributed by atoms with Gasteiger partial charge in [0.25, 0.3) is 0 Å². The Morgan fingerprint density at radius 1 is 1.67 bits per heavy atom. The van der Waals surface area contributed by atoms with Crippen molar-refractivity contribution in [2.75, 3.05) is 13.2 Å². The lowest BCUT2D eigenvalue weighted by Crippen LogP contribution is -2.04. The molecule has 0 fully saturated rings. The predicted molar refractivity (Wildman–Crippen MR) is 19.3 cm³/mol. The molecule has 0 saturated carbocycles.